The number of aromatic nitrogens is 6. The second-order valence-electron chi connectivity index (χ2n) is 11.9. The number of aliphatic hydroxyl groups is 2. The van der Waals surface area contributed by atoms with Crippen molar-refractivity contribution in [1.82, 2.24) is 39.1 Å². The summed E-state index contributed by atoms with van der Waals surface area (Å²) in [5.74, 6) is -0.146. The molecular weight excluding hydrogens is 673 g/mol. The minimum Gasteiger partial charge on any atom is -0.394 e. The fourth-order valence-electron chi connectivity index (χ4n) is 6.04. The quantitative estimate of drug-likeness (QED) is 0.100. The monoisotopic (exact) mass is 713 g/mol. The first-order valence-electron chi connectivity index (χ1n) is 15.7. The summed E-state index contributed by atoms with van der Waals surface area (Å²) in [7, 11) is -2.88. The molecule has 0 amide bonds. The second-order valence-corrected chi connectivity index (χ2v) is 13.6. The number of nitrogens with zero attached hydrogens (tertiary/aromatic N) is 5. The lowest BCUT2D eigenvalue weighted by Crippen LogP contribution is -2.40. The van der Waals surface area contributed by atoms with Gasteiger partial charge in [-0.1, -0.05) is 0 Å². The highest BCUT2D eigenvalue weighted by atomic mass is 31.2. The van der Waals surface area contributed by atoms with E-state index >= 15 is 0 Å². The summed E-state index contributed by atoms with van der Waals surface area (Å²) in [6.07, 6.45) is -4.75. The first-order valence-corrected chi connectivity index (χ1v) is 17.2. The molecule has 6 rings (SSSR count). The highest BCUT2D eigenvalue weighted by Gasteiger charge is 2.48. The number of fused-ring (bicyclic) bond motifs is 1. The third kappa shape index (κ3) is 7.56. The molecule has 0 aromatic carbocycles. The Balaban J connectivity index is 1.20. The van der Waals surface area contributed by atoms with E-state index < -0.39 is 80.7 Å². The summed E-state index contributed by atoms with van der Waals surface area (Å²) >= 11 is 0. The zero-order valence-electron chi connectivity index (χ0n) is 26.8. The van der Waals surface area contributed by atoms with Crippen LogP contribution in [0.4, 0.5) is 5.95 Å². The molecule has 49 heavy (non-hydrogen) atoms. The number of nitrogen functional groups attached to an aromatic ring is 1. The summed E-state index contributed by atoms with van der Waals surface area (Å²) in [5, 5.41) is 24.2. The van der Waals surface area contributed by atoms with Crippen molar-refractivity contribution in [3.05, 3.63) is 49.3 Å². The maximum absolute atomic E-state index is 14.4. The van der Waals surface area contributed by atoms with Crippen LogP contribution in [0.25, 0.3) is 11.2 Å². The number of imidazole rings is 1. The maximum atomic E-state index is 14.4. The smallest absolute Gasteiger partial charge is 0.394 e. The van der Waals surface area contributed by atoms with Gasteiger partial charge in [0.2, 0.25) is 5.95 Å². The SMILES string of the molecule is CO[C@@H]1[C@H](O)[C@@H](COP(=O)(NCCN2CCOCC2)O[C@H]2C[C@H](n3cc(C)c(=O)[nH]c3=O)O[C@@H]2CO)O[C@H]1n1cnc2c(=O)[nH]c(N)nc21. The molecule has 3 aliphatic heterocycles. The fourth-order valence-corrected chi connectivity index (χ4v) is 7.57. The molecule has 3 aliphatic rings. The first-order chi connectivity index (χ1) is 23.5. The normalized spacial score (nSPS) is 29.1. The van der Waals surface area contributed by atoms with Gasteiger partial charge >= 0.3 is 13.4 Å². The molecule has 270 valence electrons. The van der Waals surface area contributed by atoms with Gasteiger partial charge in [-0.3, -0.25) is 42.6 Å². The average molecular weight is 714 g/mol. The predicted molar refractivity (Wildman–Crippen MR) is 169 cm³/mol. The molecule has 0 bridgehead atoms. The van der Waals surface area contributed by atoms with E-state index in [9.17, 15) is 29.2 Å². The highest BCUT2D eigenvalue weighted by Crippen LogP contribution is 2.49. The average Bonchev–Trinajstić information content (AvgIpc) is 3.77. The molecule has 3 fully saturated rings. The number of nitrogens with two attached hydrogens (primary N) is 1. The molecule has 0 radical (unpaired) electrons. The fraction of sp³-hybridized carbons (Fsp3) is 0.667. The Morgan fingerprint density at radius 1 is 1.14 bits per heavy atom. The van der Waals surface area contributed by atoms with Gasteiger partial charge in [0.1, 0.15) is 36.7 Å². The summed E-state index contributed by atoms with van der Waals surface area (Å²) in [6, 6.07) is 0. The zero-order chi connectivity index (χ0) is 34.9. The van der Waals surface area contributed by atoms with Gasteiger partial charge < -0.3 is 34.9 Å². The van der Waals surface area contributed by atoms with Gasteiger partial charge in [-0.05, 0) is 6.92 Å². The van der Waals surface area contributed by atoms with Crippen molar-refractivity contribution < 1.29 is 42.8 Å². The number of methoxy groups -OCH3 is 1. The van der Waals surface area contributed by atoms with Crippen molar-refractivity contribution in [1.29, 1.82) is 0 Å². The molecule has 21 nitrogen and oxygen atoms in total. The second kappa shape index (κ2) is 14.9. The van der Waals surface area contributed by atoms with Gasteiger partial charge in [-0.15, -0.1) is 0 Å². The Morgan fingerprint density at radius 3 is 2.65 bits per heavy atom. The number of H-pyrrole nitrogens is 2. The Hall–Kier alpha value is -3.34. The molecule has 3 aromatic rings. The number of aliphatic hydroxyl groups excluding tert-OH is 2. The highest BCUT2D eigenvalue weighted by molar-refractivity contribution is 7.51. The molecule has 1 unspecified atom stereocenters. The topological polar surface area (TPSA) is 273 Å². The molecular formula is C27H40N9O12P. The predicted octanol–water partition coefficient (Wildman–Crippen LogP) is -2.45. The molecule has 22 heteroatoms. The van der Waals surface area contributed by atoms with E-state index in [1.54, 1.807) is 0 Å². The Labute approximate surface area is 277 Å². The van der Waals surface area contributed by atoms with Gasteiger partial charge in [0.05, 0.1) is 32.8 Å². The maximum Gasteiger partial charge on any atom is 0.406 e. The van der Waals surface area contributed by atoms with Crippen LogP contribution in [0.2, 0.25) is 0 Å². The van der Waals surface area contributed by atoms with Gasteiger partial charge in [-0.25, -0.2) is 19.4 Å². The summed E-state index contributed by atoms with van der Waals surface area (Å²) in [6.45, 7) is 3.71. The van der Waals surface area contributed by atoms with E-state index in [-0.39, 0.29) is 35.6 Å². The largest absolute Gasteiger partial charge is 0.406 e. The lowest BCUT2D eigenvalue weighted by atomic mass is 10.1. The minimum atomic E-state index is -4.24. The third-order valence-electron chi connectivity index (χ3n) is 8.65. The van der Waals surface area contributed by atoms with Crippen molar-refractivity contribution in [3.63, 3.8) is 0 Å². The molecule has 8 atom stereocenters. The molecule has 0 aliphatic carbocycles. The molecule has 3 aromatic heterocycles. The summed E-state index contributed by atoms with van der Waals surface area (Å²) in [5.41, 5.74) is 4.28. The Kier molecular flexibility index (Phi) is 10.8. The van der Waals surface area contributed by atoms with Crippen LogP contribution in [0.15, 0.2) is 26.9 Å². The number of nitrogens with one attached hydrogen (secondary N) is 3. The first kappa shape index (κ1) is 35.5. The van der Waals surface area contributed by atoms with Crippen LogP contribution in [0.1, 0.15) is 24.4 Å². The van der Waals surface area contributed by atoms with Crippen LogP contribution < -0.4 is 27.6 Å². The lowest BCUT2D eigenvalue weighted by molar-refractivity contribution is -0.0600. The number of hydrogen-bond donors (Lipinski definition) is 6. The summed E-state index contributed by atoms with van der Waals surface area (Å²) < 4.78 is 51.7. The van der Waals surface area contributed by atoms with Crippen molar-refractivity contribution in [3.8, 4) is 0 Å². The van der Waals surface area contributed by atoms with Crippen LogP contribution in [0.3, 0.4) is 0 Å². The lowest BCUT2D eigenvalue weighted by Gasteiger charge is -2.29. The molecule has 0 saturated carbocycles. The van der Waals surface area contributed by atoms with Crippen molar-refractivity contribution in [2.45, 2.75) is 56.3 Å². The Bertz CT molecular complexity index is 1840. The van der Waals surface area contributed by atoms with Crippen molar-refractivity contribution in [2.24, 2.45) is 0 Å². The summed E-state index contributed by atoms with van der Waals surface area (Å²) in [4.78, 5) is 51.7. The van der Waals surface area contributed by atoms with Crippen LogP contribution >= 0.6 is 7.75 Å². The number of hydrogen-bond acceptors (Lipinski definition) is 16. The van der Waals surface area contributed by atoms with Crippen LogP contribution in [0.5, 0.6) is 0 Å². The van der Waals surface area contributed by atoms with Gasteiger partial charge in [0.15, 0.2) is 17.4 Å². The van der Waals surface area contributed by atoms with Crippen LogP contribution in [-0.4, -0.2) is 134 Å². The van der Waals surface area contributed by atoms with Crippen molar-refractivity contribution in [2.75, 3.05) is 65.5 Å². The molecule has 3 saturated heterocycles. The van der Waals surface area contributed by atoms with Crippen LogP contribution in [-0.2, 0) is 32.6 Å². The molecule has 7 N–H and O–H groups in total. The van der Waals surface area contributed by atoms with E-state index in [0.717, 1.165) is 0 Å². The van der Waals surface area contributed by atoms with E-state index in [1.165, 1.54) is 35.7 Å². The van der Waals surface area contributed by atoms with Gasteiger partial charge in [0.25, 0.3) is 11.1 Å². The van der Waals surface area contributed by atoms with E-state index in [2.05, 4.69) is 29.9 Å². The molecule has 6 heterocycles. The van der Waals surface area contributed by atoms with E-state index in [4.69, 9.17) is 33.7 Å². The number of aromatic amines is 2. The number of ether oxygens (including phenoxy) is 4. The molecule has 0 spiro atoms. The minimum absolute atomic E-state index is 0.000906. The van der Waals surface area contributed by atoms with E-state index in [0.29, 0.717) is 32.8 Å². The van der Waals surface area contributed by atoms with Gasteiger partial charge in [0, 0.05) is 51.5 Å². The standard InChI is InChI=1S/C27H40N9O12P/c1-14-10-35(27(41)33-23(14)39)18-9-15(16(11-37)46-18)48-49(42,30-3-4-34-5-7-44-8-6-34)45-12-17-20(38)21(43-2)25(47-17)36-13-29-19-22(36)31-26(28)32-24(19)40/h10,13,15-18,20-21,25,37-38H,3-9,11-12H2,1-2H3,(H,30,42)(H,33,39,41)(H3,28,31,32,40)/t15-,16+,17+,18+,20+,21+,25+,49?/m0/s1. The van der Waals surface area contributed by atoms with Crippen molar-refractivity contribution >= 4 is 24.9 Å². The third-order valence-corrected chi connectivity index (χ3v) is 10.3. The number of morpholine rings is 1. The number of anilines is 1. The number of rotatable bonds is 13. The van der Waals surface area contributed by atoms with Gasteiger partial charge in [-0.2, -0.15) is 4.98 Å². The number of aryl methyl sites for hydroxylation is 1. The Morgan fingerprint density at radius 2 is 1.92 bits per heavy atom. The zero-order valence-corrected chi connectivity index (χ0v) is 27.7. The van der Waals surface area contributed by atoms with Crippen LogP contribution in [0, 0.1) is 6.92 Å². The van der Waals surface area contributed by atoms with E-state index in [1.807, 2.05) is 0 Å².